The second kappa shape index (κ2) is 20.7. The molecule has 0 fully saturated rings. The topological polar surface area (TPSA) is 109 Å². The Morgan fingerprint density at radius 2 is 1.19 bits per heavy atom. The average molecular weight is 489 g/mol. The lowest BCUT2D eigenvalue weighted by Crippen LogP contribution is -2.34. The first kappa shape index (κ1) is 34.4. The molecular formula is C22H36N2O6S2. The normalized spacial score (nSPS) is 13.6. The molecule has 4 amide bonds. The zero-order valence-corrected chi connectivity index (χ0v) is 22.0. The average Bonchev–Trinajstić information content (AvgIpc) is 3.19. The number of nitrogens with zero attached hydrogens (tertiary/aromatic N) is 2. The molecule has 0 saturated carbocycles. The predicted molar refractivity (Wildman–Crippen MR) is 132 cm³/mol. The molecule has 10 heteroatoms. The first-order chi connectivity index (χ1) is 15.1. The van der Waals surface area contributed by atoms with Crippen molar-refractivity contribution in [2.24, 2.45) is 0 Å². The fraction of sp³-hybridized carbons (Fsp3) is 0.545. The maximum Gasteiger partial charge on any atom is 0.267 e. The highest BCUT2D eigenvalue weighted by Crippen LogP contribution is 2.23. The van der Waals surface area contributed by atoms with E-state index in [0.29, 0.717) is 4.91 Å². The van der Waals surface area contributed by atoms with E-state index in [0.717, 1.165) is 33.5 Å². The number of hydrogen-bond acceptors (Lipinski definition) is 8. The van der Waals surface area contributed by atoms with Crippen LogP contribution in [0, 0.1) is 0 Å². The van der Waals surface area contributed by atoms with Gasteiger partial charge in [-0.2, -0.15) is 12.6 Å². The number of hydrogen-bond donors (Lipinski definition) is 1. The lowest BCUT2D eigenvalue weighted by atomic mass is 10.4. The van der Waals surface area contributed by atoms with Crippen molar-refractivity contribution in [3.8, 4) is 0 Å². The van der Waals surface area contributed by atoms with Crippen LogP contribution < -0.4 is 0 Å². The zero-order valence-electron chi connectivity index (χ0n) is 20.3. The molecule has 182 valence electrons. The lowest BCUT2D eigenvalue weighted by Gasteiger charge is -2.11. The van der Waals surface area contributed by atoms with Gasteiger partial charge in [0.25, 0.3) is 23.6 Å². The van der Waals surface area contributed by atoms with Gasteiger partial charge in [0.1, 0.15) is 11.6 Å². The minimum absolute atomic E-state index is 0.120. The fourth-order valence-corrected chi connectivity index (χ4v) is 2.65. The second-order valence-corrected chi connectivity index (χ2v) is 7.43. The molecule has 2 heterocycles. The van der Waals surface area contributed by atoms with Crippen molar-refractivity contribution in [3.63, 3.8) is 0 Å². The Labute approximate surface area is 201 Å². The third-order valence-corrected chi connectivity index (χ3v) is 3.83. The number of Topliss-reactive ketones (excluding diaryl/α,β-unsaturated/α-hetero) is 2. The summed E-state index contributed by atoms with van der Waals surface area (Å²) in [5.74, 6) is -0.273. The van der Waals surface area contributed by atoms with Gasteiger partial charge in [0, 0.05) is 18.2 Å². The number of ketones is 2. The van der Waals surface area contributed by atoms with Crippen LogP contribution in [0.2, 0.25) is 0 Å². The Bertz CT molecular complexity index is 699. The highest BCUT2D eigenvalue weighted by atomic mass is 32.2. The third-order valence-electron chi connectivity index (χ3n) is 2.94. The Morgan fingerprint density at radius 3 is 1.53 bits per heavy atom. The summed E-state index contributed by atoms with van der Waals surface area (Å²) >= 11 is 5.11. The smallest absolute Gasteiger partial charge is 0.267 e. The summed E-state index contributed by atoms with van der Waals surface area (Å²) in [5, 5.41) is 0. The maximum absolute atomic E-state index is 11.5. The number of thioether (sulfide) groups is 1. The molecule has 0 aromatic rings. The number of imide groups is 2. The van der Waals surface area contributed by atoms with Gasteiger partial charge in [-0.05, 0) is 25.4 Å². The van der Waals surface area contributed by atoms with Gasteiger partial charge in [0.05, 0.1) is 18.0 Å². The van der Waals surface area contributed by atoms with Crippen LogP contribution in [-0.4, -0.2) is 69.6 Å². The van der Waals surface area contributed by atoms with E-state index in [-0.39, 0.29) is 36.5 Å². The van der Waals surface area contributed by atoms with Crippen molar-refractivity contribution in [3.05, 3.63) is 23.1 Å². The minimum atomic E-state index is -0.412. The molecule has 0 saturated heterocycles. The molecule has 0 aliphatic carbocycles. The largest absolute Gasteiger partial charge is 0.298 e. The summed E-state index contributed by atoms with van der Waals surface area (Å²) in [6.45, 7) is 14.3. The maximum atomic E-state index is 11.5. The van der Waals surface area contributed by atoms with Gasteiger partial charge >= 0.3 is 0 Å². The zero-order chi connectivity index (χ0) is 25.9. The van der Waals surface area contributed by atoms with Crippen LogP contribution in [0.1, 0.15) is 55.4 Å². The molecule has 2 aliphatic rings. The van der Waals surface area contributed by atoms with Crippen molar-refractivity contribution in [2.75, 3.05) is 24.6 Å². The predicted octanol–water partition coefficient (Wildman–Crippen LogP) is 3.07. The number of amides is 4. The molecule has 2 aliphatic heterocycles. The summed E-state index contributed by atoms with van der Waals surface area (Å²) in [4.78, 5) is 67.9. The summed E-state index contributed by atoms with van der Waals surface area (Å²) in [5.41, 5.74) is 0. The van der Waals surface area contributed by atoms with E-state index in [2.05, 4.69) is 12.6 Å². The first-order valence-corrected chi connectivity index (χ1v) is 12.0. The van der Waals surface area contributed by atoms with Crippen LogP contribution in [0.4, 0.5) is 0 Å². The molecule has 0 N–H and O–H groups in total. The number of carbonyl (C=O) groups excluding carboxylic acids is 6. The molecule has 32 heavy (non-hydrogen) atoms. The molecule has 0 unspecified atom stereocenters. The van der Waals surface area contributed by atoms with Crippen molar-refractivity contribution in [1.29, 1.82) is 0 Å². The van der Waals surface area contributed by atoms with Gasteiger partial charge in [-0.25, -0.2) is 0 Å². The molecular weight excluding hydrogens is 452 g/mol. The quantitative estimate of drug-likeness (QED) is 0.452. The van der Waals surface area contributed by atoms with Crippen LogP contribution in [0.3, 0.4) is 0 Å². The Hall–Kier alpha value is -2.20. The summed E-state index contributed by atoms with van der Waals surface area (Å²) in [6, 6.07) is 0. The number of thiol groups is 1. The van der Waals surface area contributed by atoms with E-state index < -0.39 is 11.8 Å². The van der Waals surface area contributed by atoms with E-state index in [1.54, 1.807) is 0 Å². The molecule has 2 rings (SSSR count). The standard InChI is InChI=1S/C9H11NO3S.C7H7NO3.C2H6S.2C2H6/c1-3-14-7-4-8(12)10(9(7)13)5-6(2)11;1-5(9)4-8-6(10)2-3-7(8)11;1-2-3;2*1-2/h4H,3,5H2,1-2H3;2-3H,4H2,1H3;3H,2H2,1H3;2*1-2H3. The van der Waals surface area contributed by atoms with E-state index >= 15 is 0 Å². The van der Waals surface area contributed by atoms with Gasteiger partial charge in [-0.1, -0.05) is 41.5 Å². The van der Waals surface area contributed by atoms with Crippen LogP contribution in [0.25, 0.3) is 0 Å². The monoisotopic (exact) mass is 488 g/mol. The van der Waals surface area contributed by atoms with Gasteiger partial charge in [0.15, 0.2) is 0 Å². The Kier molecular flexibility index (Phi) is 22.2. The highest BCUT2D eigenvalue weighted by Gasteiger charge is 2.31. The van der Waals surface area contributed by atoms with Crippen LogP contribution in [0.15, 0.2) is 23.1 Å². The summed E-state index contributed by atoms with van der Waals surface area (Å²) in [6.07, 6.45) is 3.61. The van der Waals surface area contributed by atoms with E-state index in [1.165, 1.54) is 31.7 Å². The molecule has 8 nitrogen and oxygen atoms in total. The van der Waals surface area contributed by atoms with Gasteiger partial charge in [-0.3, -0.25) is 38.6 Å². The molecule has 0 radical (unpaired) electrons. The van der Waals surface area contributed by atoms with Crippen molar-refractivity contribution in [1.82, 2.24) is 9.80 Å². The second-order valence-electron chi connectivity index (χ2n) is 5.49. The van der Waals surface area contributed by atoms with Crippen molar-refractivity contribution >= 4 is 59.6 Å². The van der Waals surface area contributed by atoms with Gasteiger partial charge in [0.2, 0.25) is 0 Å². The van der Waals surface area contributed by atoms with Crippen molar-refractivity contribution < 1.29 is 28.8 Å². The number of carbonyl (C=O) groups is 6. The minimum Gasteiger partial charge on any atom is -0.298 e. The van der Waals surface area contributed by atoms with E-state index in [1.807, 2.05) is 41.5 Å². The third kappa shape index (κ3) is 14.0. The van der Waals surface area contributed by atoms with Gasteiger partial charge < -0.3 is 0 Å². The molecule has 0 bridgehead atoms. The van der Waals surface area contributed by atoms with Crippen LogP contribution >= 0.6 is 24.4 Å². The van der Waals surface area contributed by atoms with Gasteiger partial charge in [-0.15, -0.1) is 11.8 Å². The first-order valence-electron chi connectivity index (χ1n) is 10.4. The fourth-order valence-electron chi connectivity index (χ4n) is 1.93. The number of rotatable bonds is 6. The molecule has 0 atom stereocenters. The summed E-state index contributed by atoms with van der Waals surface area (Å²) < 4.78 is 0. The lowest BCUT2D eigenvalue weighted by molar-refractivity contribution is -0.140. The summed E-state index contributed by atoms with van der Waals surface area (Å²) in [7, 11) is 0. The van der Waals surface area contributed by atoms with Crippen LogP contribution in [0.5, 0.6) is 0 Å². The Morgan fingerprint density at radius 1 is 0.812 bits per heavy atom. The Balaban J connectivity index is -0.000000417. The molecule has 0 spiro atoms. The highest BCUT2D eigenvalue weighted by molar-refractivity contribution is 8.04. The van der Waals surface area contributed by atoms with Crippen LogP contribution in [-0.2, 0) is 28.8 Å². The molecule has 0 aromatic heterocycles. The van der Waals surface area contributed by atoms with E-state index in [4.69, 9.17) is 0 Å². The SMILES string of the molecule is CC.CC.CC(=O)CN1C(=O)C=CC1=O.CCS.CCSC1=CC(=O)N(CC(C)=O)C1=O. The molecule has 0 aromatic carbocycles. The van der Waals surface area contributed by atoms with E-state index in [9.17, 15) is 28.8 Å². The van der Waals surface area contributed by atoms with Crippen molar-refractivity contribution in [2.45, 2.75) is 55.4 Å².